The van der Waals surface area contributed by atoms with Gasteiger partial charge in [-0.2, -0.15) is 0 Å². The number of hydrogen-bond acceptors (Lipinski definition) is 8. The predicted octanol–water partition coefficient (Wildman–Crippen LogP) is 6.72. The zero-order valence-electron chi connectivity index (χ0n) is 32.6. The molecule has 4 amide bonds. The fourth-order valence-corrected chi connectivity index (χ4v) is 14.9. The first-order chi connectivity index (χ1) is 27.8. The summed E-state index contributed by atoms with van der Waals surface area (Å²) in [5.74, 6) is -0.138. The first-order valence-electron chi connectivity index (χ1n) is 20.1. The van der Waals surface area contributed by atoms with Crippen LogP contribution in [0.5, 0.6) is 0 Å². The van der Waals surface area contributed by atoms with Crippen LogP contribution in [-0.4, -0.2) is 40.6 Å². The second kappa shape index (κ2) is 15.5. The van der Waals surface area contributed by atoms with Gasteiger partial charge in [-0.15, -0.1) is 31.4 Å². The maximum Gasteiger partial charge on any atom is 0.354 e. The summed E-state index contributed by atoms with van der Waals surface area (Å²) in [5.41, 5.74) is 12.2. The highest BCUT2D eigenvalue weighted by Gasteiger charge is 2.38. The van der Waals surface area contributed by atoms with E-state index in [0.29, 0.717) is 15.8 Å². The molecule has 12 nitrogen and oxygen atoms in total. The number of carbonyl (C=O) groups is 2. The molecule has 8 N–H and O–H groups in total. The number of amides is 4. The van der Waals surface area contributed by atoms with Gasteiger partial charge in [-0.3, -0.25) is 0 Å². The lowest BCUT2D eigenvalue weighted by molar-refractivity contribution is 0.259. The molecular weight excluding hydrogens is 816 g/mol. The number of rotatable bonds is 8. The molecule has 2 aromatic heterocycles. The van der Waals surface area contributed by atoms with Crippen molar-refractivity contribution in [3.05, 3.63) is 89.9 Å². The summed E-state index contributed by atoms with van der Waals surface area (Å²) < 4.78 is 50.4. The molecule has 0 saturated carbocycles. The van der Waals surface area contributed by atoms with E-state index in [0.717, 1.165) is 139 Å². The first kappa shape index (κ1) is 39.9. The van der Waals surface area contributed by atoms with Crippen molar-refractivity contribution >= 4 is 65.9 Å². The Bertz CT molecular complexity index is 2640. The largest absolute Gasteiger partial charge is 0.354 e. The van der Waals surface area contributed by atoms with Gasteiger partial charge in [0.25, 0.3) is 0 Å². The molecule has 9 rings (SSSR count). The van der Waals surface area contributed by atoms with Crippen molar-refractivity contribution in [2.24, 2.45) is 30.8 Å². The molecule has 5 unspecified atom stereocenters. The van der Waals surface area contributed by atoms with Crippen LogP contribution in [0.3, 0.4) is 0 Å². The molecule has 5 aliphatic carbocycles. The molecule has 0 aliphatic heterocycles. The number of fused-ring (bicyclic) bond motifs is 5. The predicted molar refractivity (Wildman–Crippen MR) is 229 cm³/mol. The minimum absolute atomic E-state index is 0.236. The Labute approximate surface area is 347 Å². The lowest BCUT2D eigenvalue weighted by Crippen LogP contribution is -2.30. The van der Waals surface area contributed by atoms with Crippen LogP contribution < -0.4 is 31.5 Å². The monoisotopic (exact) mass is 864 g/mol. The number of nitrogens with zero attached hydrogens (tertiary/aromatic N) is 2. The highest BCUT2D eigenvalue weighted by molar-refractivity contribution is 7.94. The van der Waals surface area contributed by atoms with Gasteiger partial charge in [0.05, 0.1) is 0 Å². The number of carbonyl (C=O) groups excluding carboxylic acids is 2. The van der Waals surface area contributed by atoms with E-state index in [9.17, 15) is 18.0 Å². The van der Waals surface area contributed by atoms with Crippen LogP contribution in [0, 0.1) is 17.7 Å². The standard InChI is InChI=1S/C41H49FN8O4S4/c1-45-19-28-20-55-39(36(28)42)58(44,54)50-41(52)48-38-31-8-4-6-22(31)12-27-14-25(16-33(27)38)24-13-26-11-21-5-3-7-30(21)37(32(26)15-24)47-40(51)49-57(43,53)35-17-23-9-10-29(46-2)18-34(23)56-35/h11-12,17,20,24-25,29,45-46H,3-10,13-16,18-19H2,1-2H3,(H3,43,47,49,51,53)(H3,44,48,50,52,54). The minimum Gasteiger partial charge on any atom is -0.317 e. The van der Waals surface area contributed by atoms with Crippen molar-refractivity contribution in [2.75, 3.05) is 24.7 Å². The van der Waals surface area contributed by atoms with E-state index in [2.05, 4.69) is 42.1 Å². The Balaban J connectivity index is 0.952. The zero-order chi connectivity index (χ0) is 40.5. The van der Waals surface area contributed by atoms with Crippen molar-refractivity contribution < 1.29 is 22.4 Å². The van der Waals surface area contributed by atoms with Crippen LogP contribution >= 0.6 is 22.7 Å². The van der Waals surface area contributed by atoms with E-state index in [1.54, 1.807) is 7.05 Å². The number of hydrogen-bond donors (Lipinski definition) is 6. The topological polar surface area (TPSA) is 193 Å². The van der Waals surface area contributed by atoms with Crippen LogP contribution in [0.1, 0.15) is 79.8 Å². The van der Waals surface area contributed by atoms with E-state index in [-0.39, 0.29) is 22.6 Å². The highest BCUT2D eigenvalue weighted by Crippen LogP contribution is 2.48. The lowest BCUT2D eigenvalue weighted by Gasteiger charge is -2.20. The van der Waals surface area contributed by atoms with Gasteiger partial charge in [0.15, 0.2) is 29.9 Å². The van der Waals surface area contributed by atoms with Gasteiger partial charge in [0, 0.05) is 34.4 Å². The number of aryl methyl sites for hydroxylation is 3. The van der Waals surface area contributed by atoms with Gasteiger partial charge in [-0.1, -0.05) is 12.1 Å². The molecule has 17 heteroatoms. The summed E-state index contributed by atoms with van der Waals surface area (Å²) in [5, 5.41) is 26.1. The molecule has 308 valence electrons. The van der Waals surface area contributed by atoms with Gasteiger partial charge in [-0.05, 0) is 171 Å². The molecule has 0 saturated heterocycles. The number of benzene rings is 2. The molecule has 2 heterocycles. The van der Waals surface area contributed by atoms with Crippen LogP contribution in [0.4, 0.5) is 25.4 Å². The molecular formula is C41H49FN8O4S4. The molecule has 0 fully saturated rings. The lowest BCUT2D eigenvalue weighted by atomic mass is 9.87. The van der Waals surface area contributed by atoms with Crippen LogP contribution in [0.15, 0.2) is 40.7 Å². The van der Waals surface area contributed by atoms with Crippen molar-refractivity contribution in [2.45, 2.75) is 104 Å². The molecule has 58 heavy (non-hydrogen) atoms. The number of thiophene rings is 2. The van der Waals surface area contributed by atoms with Gasteiger partial charge < -0.3 is 21.3 Å². The van der Waals surface area contributed by atoms with Crippen molar-refractivity contribution in [3.63, 3.8) is 0 Å². The molecule has 2 aromatic carbocycles. The zero-order valence-corrected chi connectivity index (χ0v) is 35.9. The quantitative estimate of drug-likeness (QED) is 0.114. The van der Waals surface area contributed by atoms with E-state index >= 15 is 4.39 Å². The van der Waals surface area contributed by atoms with Gasteiger partial charge in [-0.25, -0.2) is 32.7 Å². The normalized spacial score (nSPS) is 22.3. The highest BCUT2D eigenvalue weighted by atomic mass is 32.2. The number of nitrogens with one attached hydrogen (secondary N) is 4. The summed E-state index contributed by atoms with van der Waals surface area (Å²) in [6, 6.07) is 5.31. The molecule has 0 bridgehead atoms. The number of nitrogens with two attached hydrogens (primary N) is 2. The molecule has 0 radical (unpaired) electrons. The maximum absolute atomic E-state index is 15.1. The van der Waals surface area contributed by atoms with Crippen molar-refractivity contribution in [3.8, 4) is 0 Å². The SMILES string of the molecule is CNCc1csc(S(N)(=O)=NC(=O)Nc2c3c(cc4c2CC(C2Cc5cc6c(c(NC(=O)N=S(N)(=O)c7cc8c(s7)CC(NC)CC8)c5C2)CCC6)C4)CCC3)c1F. The first-order valence-corrected chi connectivity index (χ1v) is 24.9. The Morgan fingerprint density at radius 3 is 1.91 bits per heavy atom. The van der Waals surface area contributed by atoms with E-state index in [4.69, 9.17) is 10.3 Å². The summed E-state index contributed by atoms with van der Waals surface area (Å²) in [6.45, 7) is 0.236. The Hall–Kier alpha value is -3.55. The number of likely N-dealkylation sites (N-methyl/N-ethyl adjacent to an activating group) is 1. The fraction of sp³-hybridized carbons (Fsp3) is 0.463. The number of anilines is 2. The summed E-state index contributed by atoms with van der Waals surface area (Å²) in [4.78, 5) is 28.2. The van der Waals surface area contributed by atoms with E-state index < -0.39 is 37.7 Å². The number of halogens is 1. The van der Waals surface area contributed by atoms with Crippen molar-refractivity contribution in [1.82, 2.24) is 10.6 Å². The fourth-order valence-electron chi connectivity index (χ4n) is 10.1. The third kappa shape index (κ3) is 7.35. The molecule has 5 atom stereocenters. The van der Waals surface area contributed by atoms with Crippen LogP contribution in [0.25, 0.3) is 0 Å². The van der Waals surface area contributed by atoms with Gasteiger partial charge >= 0.3 is 12.1 Å². The van der Waals surface area contributed by atoms with Gasteiger partial charge in [0.2, 0.25) is 0 Å². The third-order valence-corrected chi connectivity index (χ3v) is 18.9. The second-order valence-corrected chi connectivity index (χ2v) is 22.4. The summed E-state index contributed by atoms with van der Waals surface area (Å²) in [6.07, 6.45) is 11.4. The Kier molecular flexibility index (Phi) is 10.6. The van der Waals surface area contributed by atoms with Gasteiger partial charge in [0.1, 0.15) is 4.21 Å². The van der Waals surface area contributed by atoms with Crippen LogP contribution in [0.2, 0.25) is 0 Å². The average Bonchev–Trinajstić information content (AvgIpc) is 4.03. The summed E-state index contributed by atoms with van der Waals surface area (Å²) >= 11 is 2.30. The molecule has 0 spiro atoms. The Morgan fingerprint density at radius 1 is 0.759 bits per heavy atom. The smallest absolute Gasteiger partial charge is 0.317 e. The van der Waals surface area contributed by atoms with E-state index in [1.165, 1.54) is 39.0 Å². The molecule has 5 aliphatic rings. The number of urea groups is 2. The Morgan fingerprint density at radius 2 is 1.34 bits per heavy atom. The minimum atomic E-state index is -3.82. The molecule has 4 aromatic rings. The van der Waals surface area contributed by atoms with Crippen LogP contribution in [-0.2, 0) is 90.6 Å². The summed E-state index contributed by atoms with van der Waals surface area (Å²) in [7, 11) is -3.63. The third-order valence-electron chi connectivity index (χ3n) is 12.8. The van der Waals surface area contributed by atoms with E-state index in [1.807, 2.05) is 13.1 Å². The second-order valence-electron chi connectivity index (χ2n) is 16.4. The average molecular weight is 865 g/mol. The van der Waals surface area contributed by atoms with Crippen molar-refractivity contribution in [1.29, 1.82) is 0 Å². The maximum atomic E-state index is 15.1.